The van der Waals surface area contributed by atoms with Crippen molar-refractivity contribution in [2.24, 2.45) is 5.92 Å². The van der Waals surface area contributed by atoms with E-state index in [0.717, 1.165) is 31.5 Å². The summed E-state index contributed by atoms with van der Waals surface area (Å²) in [6.07, 6.45) is 8.51. The number of hydrogen-bond acceptors (Lipinski definition) is 2. The topological polar surface area (TPSA) is 21.3 Å². The van der Waals surface area contributed by atoms with E-state index in [1.165, 1.54) is 32.1 Å². The highest BCUT2D eigenvalue weighted by atomic mass is 16.5. The summed E-state index contributed by atoms with van der Waals surface area (Å²) in [5.41, 5.74) is 0. The van der Waals surface area contributed by atoms with Crippen molar-refractivity contribution in [1.29, 1.82) is 0 Å². The Hall–Kier alpha value is -0.0800. The second kappa shape index (κ2) is 8.08. The van der Waals surface area contributed by atoms with Gasteiger partial charge in [-0.1, -0.05) is 26.2 Å². The third kappa shape index (κ3) is 5.31. The van der Waals surface area contributed by atoms with Crippen molar-refractivity contribution < 1.29 is 4.74 Å². The normalized spacial score (nSPS) is 26.2. The summed E-state index contributed by atoms with van der Waals surface area (Å²) in [7, 11) is 0. The molecule has 1 aliphatic rings. The van der Waals surface area contributed by atoms with Gasteiger partial charge in [0.1, 0.15) is 0 Å². The lowest BCUT2D eigenvalue weighted by molar-refractivity contribution is 0.0759. The van der Waals surface area contributed by atoms with E-state index < -0.39 is 0 Å². The van der Waals surface area contributed by atoms with Crippen LogP contribution in [0.1, 0.15) is 59.3 Å². The Morgan fingerprint density at radius 1 is 1.25 bits per heavy atom. The molecule has 1 fully saturated rings. The van der Waals surface area contributed by atoms with Crippen LogP contribution in [0.25, 0.3) is 0 Å². The zero-order valence-corrected chi connectivity index (χ0v) is 11.3. The molecule has 1 saturated carbocycles. The maximum atomic E-state index is 5.54. The van der Waals surface area contributed by atoms with Crippen LogP contribution in [0.3, 0.4) is 0 Å². The maximum absolute atomic E-state index is 5.54. The average molecular weight is 227 g/mol. The Kier molecular flexibility index (Phi) is 7.06. The Balaban J connectivity index is 2.06. The van der Waals surface area contributed by atoms with Crippen LogP contribution < -0.4 is 5.32 Å². The maximum Gasteiger partial charge on any atom is 0.0518 e. The lowest BCUT2D eigenvalue weighted by Gasteiger charge is -2.31. The molecule has 0 saturated heterocycles. The van der Waals surface area contributed by atoms with E-state index in [0.29, 0.717) is 6.10 Å². The predicted octanol–water partition coefficient (Wildman–Crippen LogP) is 3.36. The van der Waals surface area contributed by atoms with Gasteiger partial charge in [0.25, 0.3) is 0 Å². The molecule has 0 aromatic rings. The monoisotopic (exact) mass is 227 g/mol. The van der Waals surface area contributed by atoms with Gasteiger partial charge in [0.15, 0.2) is 0 Å². The largest absolute Gasteiger partial charge is 0.379 e. The van der Waals surface area contributed by atoms with Crippen LogP contribution in [-0.2, 0) is 4.74 Å². The zero-order chi connectivity index (χ0) is 11.8. The molecule has 0 aliphatic heterocycles. The lowest BCUT2D eigenvalue weighted by atomic mass is 9.83. The predicted molar refractivity (Wildman–Crippen MR) is 69.7 cm³/mol. The van der Waals surface area contributed by atoms with Crippen LogP contribution in [0.15, 0.2) is 0 Å². The number of nitrogens with one attached hydrogen (secondary N) is 1. The highest BCUT2D eigenvalue weighted by molar-refractivity contribution is 4.79. The summed E-state index contributed by atoms with van der Waals surface area (Å²) in [6, 6.07) is 0.776. The van der Waals surface area contributed by atoms with Gasteiger partial charge < -0.3 is 10.1 Å². The van der Waals surface area contributed by atoms with Gasteiger partial charge in [-0.25, -0.2) is 0 Å². The van der Waals surface area contributed by atoms with Crippen LogP contribution >= 0.6 is 0 Å². The van der Waals surface area contributed by atoms with Crippen LogP contribution in [0.4, 0.5) is 0 Å². The Morgan fingerprint density at radius 2 is 2.00 bits per heavy atom. The van der Waals surface area contributed by atoms with E-state index in [2.05, 4.69) is 26.1 Å². The molecule has 2 nitrogen and oxygen atoms in total. The van der Waals surface area contributed by atoms with Crippen molar-refractivity contribution >= 4 is 0 Å². The van der Waals surface area contributed by atoms with E-state index in [9.17, 15) is 0 Å². The van der Waals surface area contributed by atoms with Gasteiger partial charge in [-0.2, -0.15) is 0 Å². The van der Waals surface area contributed by atoms with Gasteiger partial charge in [-0.3, -0.25) is 0 Å². The van der Waals surface area contributed by atoms with E-state index >= 15 is 0 Å². The fourth-order valence-electron chi connectivity index (χ4n) is 2.64. The second-order valence-electron chi connectivity index (χ2n) is 5.29. The van der Waals surface area contributed by atoms with Crippen molar-refractivity contribution in [2.75, 3.05) is 13.2 Å². The van der Waals surface area contributed by atoms with E-state index in [-0.39, 0.29) is 0 Å². The highest BCUT2D eigenvalue weighted by Crippen LogP contribution is 2.26. The summed E-state index contributed by atoms with van der Waals surface area (Å²) < 4.78 is 5.54. The molecule has 0 aromatic carbocycles. The standard InChI is InChI=1S/C14H29NO/c1-4-13-8-5-6-9-14(13)15-10-7-11-16-12(2)3/h12-15H,4-11H2,1-3H3. The summed E-state index contributed by atoms with van der Waals surface area (Å²) >= 11 is 0. The van der Waals surface area contributed by atoms with Crippen LogP contribution in [0.2, 0.25) is 0 Å². The summed E-state index contributed by atoms with van der Waals surface area (Å²) in [4.78, 5) is 0. The highest BCUT2D eigenvalue weighted by Gasteiger charge is 2.22. The molecule has 0 radical (unpaired) electrons. The molecule has 1 rings (SSSR count). The van der Waals surface area contributed by atoms with Gasteiger partial charge >= 0.3 is 0 Å². The van der Waals surface area contributed by atoms with Crippen molar-refractivity contribution in [3.8, 4) is 0 Å². The number of ether oxygens (including phenoxy) is 1. The Morgan fingerprint density at radius 3 is 2.69 bits per heavy atom. The molecule has 0 aromatic heterocycles. The molecule has 0 bridgehead atoms. The molecule has 1 N–H and O–H groups in total. The molecule has 1 aliphatic carbocycles. The van der Waals surface area contributed by atoms with Gasteiger partial charge in [-0.15, -0.1) is 0 Å². The SMILES string of the molecule is CCC1CCCCC1NCCCOC(C)C. The van der Waals surface area contributed by atoms with Crippen LogP contribution in [-0.4, -0.2) is 25.3 Å². The van der Waals surface area contributed by atoms with Gasteiger partial charge in [0, 0.05) is 12.6 Å². The number of hydrogen-bond donors (Lipinski definition) is 1. The fraction of sp³-hybridized carbons (Fsp3) is 1.00. The smallest absolute Gasteiger partial charge is 0.0518 e. The Labute approximate surface area is 101 Å². The molecule has 0 spiro atoms. The van der Waals surface area contributed by atoms with Crippen LogP contribution in [0, 0.1) is 5.92 Å². The molecule has 96 valence electrons. The Bertz CT molecular complexity index is 170. The third-order valence-electron chi connectivity index (χ3n) is 3.61. The molecule has 16 heavy (non-hydrogen) atoms. The summed E-state index contributed by atoms with van der Waals surface area (Å²) in [5.74, 6) is 0.916. The zero-order valence-electron chi connectivity index (χ0n) is 11.3. The quantitative estimate of drug-likeness (QED) is 0.673. The lowest BCUT2D eigenvalue weighted by Crippen LogP contribution is -2.39. The van der Waals surface area contributed by atoms with Crippen molar-refractivity contribution in [3.05, 3.63) is 0 Å². The number of rotatable bonds is 7. The minimum absolute atomic E-state index is 0.373. The first kappa shape index (κ1) is 14.0. The van der Waals surface area contributed by atoms with Gasteiger partial charge in [-0.05, 0) is 45.6 Å². The summed E-state index contributed by atoms with van der Waals surface area (Å²) in [5, 5.41) is 3.72. The van der Waals surface area contributed by atoms with Crippen LogP contribution in [0.5, 0.6) is 0 Å². The molecule has 2 heteroatoms. The van der Waals surface area contributed by atoms with Crippen molar-refractivity contribution in [2.45, 2.75) is 71.4 Å². The minimum atomic E-state index is 0.373. The molecule has 0 amide bonds. The van der Waals surface area contributed by atoms with Crippen molar-refractivity contribution in [1.82, 2.24) is 5.32 Å². The fourth-order valence-corrected chi connectivity index (χ4v) is 2.64. The van der Waals surface area contributed by atoms with Gasteiger partial charge in [0.05, 0.1) is 6.10 Å². The van der Waals surface area contributed by atoms with E-state index in [4.69, 9.17) is 4.74 Å². The molecule has 0 heterocycles. The van der Waals surface area contributed by atoms with Gasteiger partial charge in [0.2, 0.25) is 0 Å². The molecular formula is C14H29NO. The first-order valence-corrected chi connectivity index (χ1v) is 7.09. The van der Waals surface area contributed by atoms with Crippen molar-refractivity contribution in [3.63, 3.8) is 0 Å². The third-order valence-corrected chi connectivity index (χ3v) is 3.61. The first-order chi connectivity index (χ1) is 7.74. The first-order valence-electron chi connectivity index (χ1n) is 7.09. The van der Waals surface area contributed by atoms with E-state index in [1.54, 1.807) is 0 Å². The molecule has 2 atom stereocenters. The summed E-state index contributed by atoms with van der Waals surface area (Å²) in [6.45, 7) is 8.54. The second-order valence-corrected chi connectivity index (χ2v) is 5.29. The molecule has 2 unspecified atom stereocenters. The average Bonchev–Trinajstić information content (AvgIpc) is 2.29. The van der Waals surface area contributed by atoms with E-state index in [1.807, 2.05) is 0 Å². The molecular weight excluding hydrogens is 198 g/mol. The minimum Gasteiger partial charge on any atom is -0.379 e.